The molecular formula is C12H21NO3. The van der Waals surface area contributed by atoms with Crippen LogP contribution in [0, 0.1) is 5.92 Å². The highest BCUT2D eigenvalue weighted by Crippen LogP contribution is 2.29. The maximum Gasteiger partial charge on any atom is 0.303 e. The van der Waals surface area contributed by atoms with Crippen molar-refractivity contribution < 1.29 is 14.7 Å². The molecule has 0 spiro atoms. The van der Waals surface area contributed by atoms with Gasteiger partial charge in [-0.05, 0) is 39.0 Å². The number of carbonyl (C=O) groups excluding carboxylic acids is 1. The Kier molecular flexibility index (Phi) is 4.33. The van der Waals surface area contributed by atoms with E-state index in [1.54, 1.807) is 0 Å². The summed E-state index contributed by atoms with van der Waals surface area (Å²) in [6, 6.07) is 0. The van der Waals surface area contributed by atoms with Crippen molar-refractivity contribution in [1.82, 2.24) is 5.32 Å². The molecule has 0 radical (unpaired) electrons. The van der Waals surface area contributed by atoms with Gasteiger partial charge in [0.1, 0.15) is 0 Å². The SMILES string of the molecule is CC(C)(CCC(=O)O)NC(=O)CC1CCC1. The Morgan fingerprint density at radius 1 is 1.38 bits per heavy atom. The van der Waals surface area contributed by atoms with E-state index in [0.29, 0.717) is 18.8 Å². The molecule has 2 N–H and O–H groups in total. The van der Waals surface area contributed by atoms with Gasteiger partial charge in [-0.15, -0.1) is 0 Å². The first-order valence-corrected chi connectivity index (χ1v) is 5.92. The molecule has 0 aromatic heterocycles. The Morgan fingerprint density at radius 3 is 2.44 bits per heavy atom. The van der Waals surface area contributed by atoms with Gasteiger partial charge >= 0.3 is 5.97 Å². The summed E-state index contributed by atoms with van der Waals surface area (Å²) in [6.07, 6.45) is 4.71. The highest BCUT2D eigenvalue weighted by Gasteiger charge is 2.25. The number of carbonyl (C=O) groups is 2. The van der Waals surface area contributed by atoms with Gasteiger partial charge in [-0.2, -0.15) is 0 Å². The molecule has 0 aromatic rings. The van der Waals surface area contributed by atoms with Crippen LogP contribution in [0.25, 0.3) is 0 Å². The van der Waals surface area contributed by atoms with Crippen LogP contribution < -0.4 is 5.32 Å². The largest absolute Gasteiger partial charge is 0.481 e. The lowest BCUT2D eigenvalue weighted by molar-refractivity contribution is -0.138. The zero-order valence-corrected chi connectivity index (χ0v) is 10.1. The van der Waals surface area contributed by atoms with Gasteiger partial charge in [0.2, 0.25) is 5.91 Å². The van der Waals surface area contributed by atoms with Crippen LogP contribution in [0.15, 0.2) is 0 Å². The minimum atomic E-state index is -0.818. The standard InChI is InChI=1S/C12H21NO3/c1-12(2,7-6-11(15)16)13-10(14)8-9-4-3-5-9/h9H,3-8H2,1-2H3,(H,13,14)(H,15,16). The van der Waals surface area contributed by atoms with E-state index >= 15 is 0 Å². The Morgan fingerprint density at radius 2 is 2.00 bits per heavy atom. The molecule has 16 heavy (non-hydrogen) atoms. The maximum absolute atomic E-state index is 11.6. The molecule has 0 aromatic carbocycles. The van der Waals surface area contributed by atoms with Crippen LogP contribution in [0.5, 0.6) is 0 Å². The number of hydrogen-bond donors (Lipinski definition) is 2. The smallest absolute Gasteiger partial charge is 0.303 e. The molecule has 0 heterocycles. The van der Waals surface area contributed by atoms with Crippen LogP contribution in [0.4, 0.5) is 0 Å². The van der Waals surface area contributed by atoms with Crippen LogP contribution in [0.2, 0.25) is 0 Å². The average Bonchev–Trinajstić information content (AvgIpc) is 2.08. The molecule has 0 aliphatic heterocycles. The van der Waals surface area contributed by atoms with Crippen LogP contribution in [0.3, 0.4) is 0 Å². The number of carboxylic acid groups (broad SMARTS) is 1. The number of amides is 1. The van der Waals surface area contributed by atoms with Crippen LogP contribution in [0.1, 0.15) is 52.4 Å². The minimum Gasteiger partial charge on any atom is -0.481 e. The lowest BCUT2D eigenvalue weighted by atomic mass is 9.82. The monoisotopic (exact) mass is 227 g/mol. The van der Waals surface area contributed by atoms with Crippen molar-refractivity contribution in [2.45, 2.75) is 57.9 Å². The van der Waals surface area contributed by atoms with Crippen molar-refractivity contribution in [3.63, 3.8) is 0 Å². The molecule has 0 bridgehead atoms. The number of carboxylic acids is 1. The second kappa shape index (κ2) is 5.32. The molecule has 4 heteroatoms. The molecule has 0 atom stereocenters. The van der Waals surface area contributed by atoms with E-state index in [0.717, 1.165) is 12.8 Å². The highest BCUT2D eigenvalue weighted by molar-refractivity contribution is 5.77. The van der Waals surface area contributed by atoms with E-state index in [1.807, 2.05) is 13.8 Å². The van der Waals surface area contributed by atoms with Crippen molar-refractivity contribution in [1.29, 1.82) is 0 Å². The molecule has 4 nitrogen and oxygen atoms in total. The summed E-state index contributed by atoms with van der Waals surface area (Å²) in [6.45, 7) is 3.74. The quantitative estimate of drug-likeness (QED) is 0.728. The van der Waals surface area contributed by atoms with Gasteiger partial charge in [0.25, 0.3) is 0 Å². The summed E-state index contributed by atoms with van der Waals surface area (Å²) in [7, 11) is 0. The number of nitrogens with one attached hydrogen (secondary N) is 1. The third-order valence-corrected chi connectivity index (χ3v) is 3.14. The molecule has 1 fully saturated rings. The molecule has 1 aliphatic rings. The van der Waals surface area contributed by atoms with Gasteiger partial charge in [-0.3, -0.25) is 9.59 Å². The highest BCUT2D eigenvalue weighted by atomic mass is 16.4. The molecule has 0 unspecified atom stereocenters. The Labute approximate surface area is 96.4 Å². The van der Waals surface area contributed by atoms with E-state index in [2.05, 4.69) is 5.32 Å². The number of hydrogen-bond acceptors (Lipinski definition) is 2. The molecule has 1 rings (SSSR count). The van der Waals surface area contributed by atoms with Gasteiger partial charge in [-0.25, -0.2) is 0 Å². The van der Waals surface area contributed by atoms with Crippen molar-refractivity contribution in [3.8, 4) is 0 Å². The fraction of sp³-hybridized carbons (Fsp3) is 0.833. The van der Waals surface area contributed by atoms with E-state index in [9.17, 15) is 9.59 Å². The second-order valence-electron chi connectivity index (χ2n) is 5.33. The molecule has 1 amide bonds. The fourth-order valence-electron chi connectivity index (χ4n) is 1.87. The summed E-state index contributed by atoms with van der Waals surface area (Å²) >= 11 is 0. The van der Waals surface area contributed by atoms with Crippen molar-refractivity contribution in [2.24, 2.45) is 5.92 Å². The Bertz CT molecular complexity index is 269. The van der Waals surface area contributed by atoms with E-state index in [4.69, 9.17) is 5.11 Å². The van der Waals surface area contributed by atoms with Gasteiger partial charge in [0, 0.05) is 18.4 Å². The first kappa shape index (κ1) is 13.0. The summed E-state index contributed by atoms with van der Waals surface area (Å²) in [5, 5.41) is 11.5. The second-order valence-corrected chi connectivity index (χ2v) is 5.33. The molecular weight excluding hydrogens is 206 g/mol. The van der Waals surface area contributed by atoms with E-state index in [-0.39, 0.29) is 12.3 Å². The third-order valence-electron chi connectivity index (χ3n) is 3.14. The van der Waals surface area contributed by atoms with E-state index in [1.165, 1.54) is 6.42 Å². The van der Waals surface area contributed by atoms with Crippen molar-refractivity contribution >= 4 is 11.9 Å². The van der Waals surface area contributed by atoms with Gasteiger partial charge in [0.05, 0.1) is 0 Å². The molecule has 1 saturated carbocycles. The molecule has 1 aliphatic carbocycles. The number of aliphatic carboxylic acids is 1. The van der Waals surface area contributed by atoms with Crippen molar-refractivity contribution in [2.75, 3.05) is 0 Å². The zero-order valence-electron chi connectivity index (χ0n) is 10.1. The average molecular weight is 227 g/mol. The Hall–Kier alpha value is -1.06. The predicted molar refractivity (Wildman–Crippen MR) is 61.0 cm³/mol. The first-order chi connectivity index (χ1) is 7.39. The molecule has 92 valence electrons. The van der Waals surface area contributed by atoms with Crippen LogP contribution in [-0.2, 0) is 9.59 Å². The predicted octanol–water partition coefficient (Wildman–Crippen LogP) is 1.94. The number of rotatable bonds is 6. The molecule has 0 saturated heterocycles. The lowest BCUT2D eigenvalue weighted by Crippen LogP contribution is -2.44. The minimum absolute atomic E-state index is 0.0556. The fourth-order valence-corrected chi connectivity index (χ4v) is 1.87. The summed E-state index contributed by atoms with van der Waals surface area (Å²) < 4.78 is 0. The van der Waals surface area contributed by atoms with E-state index < -0.39 is 11.5 Å². The summed E-state index contributed by atoms with van der Waals surface area (Å²) in [5.41, 5.74) is -0.417. The van der Waals surface area contributed by atoms with Crippen LogP contribution in [-0.4, -0.2) is 22.5 Å². The summed E-state index contributed by atoms with van der Waals surface area (Å²) in [5.74, 6) is -0.211. The third kappa shape index (κ3) is 4.64. The maximum atomic E-state index is 11.6. The zero-order chi connectivity index (χ0) is 12.2. The van der Waals surface area contributed by atoms with Gasteiger partial charge in [0.15, 0.2) is 0 Å². The summed E-state index contributed by atoms with van der Waals surface area (Å²) in [4.78, 5) is 22.1. The van der Waals surface area contributed by atoms with Crippen LogP contribution >= 0.6 is 0 Å². The van der Waals surface area contributed by atoms with Crippen molar-refractivity contribution in [3.05, 3.63) is 0 Å². The van der Waals surface area contributed by atoms with Gasteiger partial charge < -0.3 is 10.4 Å². The Balaban J connectivity index is 2.26. The first-order valence-electron chi connectivity index (χ1n) is 5.92. The topological polar surface area (TPSA) is 66.4 Å². The normalized spacial score (nSPS) is 16.6. The van der Waals surface area contributed by atoms with Gasteiger partial charge in [-0.1, -0.05) is 6.42 Å². The lowest BCUT2D eigenvalue weighted by Gasteiger charge is -2.29.